The van der Waals surface area contributed by atoms with Crippen LogP contribution in [0.3, 0.4) is 0 Å². The third-order valence-electron chi connectivity index (χ3n) is 4.67. The average Bonchev–Trinajstić information content (AvgIpc) is 2.82. The largest absolute Gasteiger partial charge is 0.486 e. The Balaban J connectivity index is 1.47. The van der Waals surface area contributed by atoms with E-state index < -0.39 is 21.8 Å². The number of anilines is 2. The fourth-order valence-electron chi connectivity index (χ4n) is 3.15. The van der Waals surface area contributed by atoms with Crippen molar-refractivity contribution in [2.75, 3.05) is 29.9 Å². The maximum atomic E-state index is 12.9. The van der Waals surface area contributed by atoms with Crippen molar-refractivity contribution >= 4 is 33.2 Å². The van der Waals surface area contributed by atoms with Crippen LogP contribution in [0, 0.1) is 0 Å². The lowest BCUT2D eigenvalue weighted by Gasteiger charge is -2.19. The molecule has 34 heavy (non-hydrogen) atoms. The summed E-state index contributed by atoms with van der Waals surface area (Å²) >= 11 is 0. The van der Waals surface area contributed by atoms with Gasteiger partial charge in [0.15, 0.2) is 18.1 Å². The van der Waals surface area contributed by atoms with Crippen LogP contribution in [-0.2, 0) is 14.8 Å². The van der Waals surface area contributed by atoms with Crippen LogP contribution in [0.15, 0.2) is 71.6 Å². The molecule has 1 heterocycles. The van der Waals surface area contributed by atoms with Crippen molar-refractivity contribution in [3.8, 4) is 17.2 Å². The summed E-state index contributed by atoms with van der Waals surface area (Å²) in [5.74, 6) is 0.104. The van der Waals surface area contributed by atoms with Gasteiger partial charge < -0.3 is 25.3 Å². The third kappa shape index (κ3) is 5.56. The SMILES string of the molecule is NC(=O)COc1cccc(NC(=O)c2cccc(NS(=O)(=O)c3ccc4c(c3)OCCO4)c2)c1. The highest BCUT2D eigenvalue weighted by Crippen LogP contribution is 2.32. The Kier molecular flexibility index (Phi) is 6.55. The van der Waals surface area contributed by atoms with Gasteiger partial charge >= 0.3 is 0 Å². The van der Waals surface area contributed by atoms with Crippen LogP contribution in [0.5, 0.6) is 17.2 Å². The van der Waals surface area contributed by atoms with Crippen molar-refractivity contribution in [3.63, 3.8) is 0 Å². The second kappa shape index (κ2) is 9.71. The number of ether oxygens (including phenoxy) is 3. The number of hydrogen-bond acceptors (Lipinski definition) is 7. The van der Waals surface area contributed by atoms with Gasteiger partial charge in [0.2, 0.25) is 0 Å². The summed E-state index contributed by atoms with van der Waals surface area (Å²) in [5, 5.41) is 2.70. The summed E-state index contributed by atoms with van der Waals surface area (Å²) in [5.41, 5.74) is 5.93. The van der Waals surface area contributed by atoms with E-state index in [1.165, 1.54) is 36.4 Å². The Morgan fingerprint density at radius 1 is 0.912 bits per heavy atom. The lowest BCUT2D eigenvalue weighted by atomic mass is 10.2. The van der Waals surface area contributed by atoms with E-state index in [1.54, 1.807) is 30.3 Å². The molecule has 2 amide bonds. The molecule has 0 saturated carbocycles. The number of sulfonamides is 1. The molecule has 3 aromatic carbocycles. The highest BCUT2D eigenvalue weighted by Gasteiger charge is 2.20. The predicted molar refractivity (Wildman–Crippen MR) is 124 cm³/mol. The second-order valence-corrected chi connectivity index (χ2v) is 8.91. The molecule has 11 heteroatoms. The molecule has 4 rings (SSSR count). The van der Waals surface area contributed by atoms with Crippen LogP contribution in [0.25, 0.3) is 0 Å². The monoisotopic (exact) mass is 483 g/mol. The Labute approximate surface area is 195 Å². The first-order valence-electron chi connectivity index (χ1n) is 10.2. The fraction of sp³-hybridized carbons (Fsp3) is 0.130. The fourth-order valence-corrected chi connectivity index (χ4v) is 4.21. The highest BCUT2D eigenvalue weighted by molar-refractivity contribution is 7.92. The Morgan fingerprint density at radius 2 is 1.65 bits per heavy atom. The van der Waals surface area contributed by atoms with Gasteiger partial charge in [-0.1, -0.05) is 12.1 Å². The van der Waals surface area contributed by atoms with E-state index in [0.717, 1.165) is 0 Å². The minimum atomic E-state index is -3.94. The molecule has 1 aliphatic rings. The van der Waals surface area contributed by atoms with Gasteiger partial charge in [-0.05, 0) is 42.5 Å². The molecule has 1 aliphatic heterocycles. The van der Waals surface area contributed by atoms with Gasteiger partial charge in [0, 0.05) is 29.1 Å². The van der Waals surface area contributed by atoms with Crippen LogP contribution >= 0.6 is 0 Å². The Bertz CT molecular complexity index is 1340. The number of hydrogen-bond donors (Lipinski definition) is 3. The first kappa shape index (κ1) is 22.9. The van der Waals surface area contributed by atoms with E-state index in [0.29, 0.717) is 36.1 Å². The van der Waals surface area contributed by atoms with Crippen LogP contribution in [0.2, 0.25) is 0 Å². The van der Waals surface area contributed by atoms with Crippen molar-refractivity contribution < 1.29 is 32.2 Å². The predicted octanol–water partition coefficient (Wildman–Crippen LogP) is 2.38. The molecule has 0 aliphatic carbocycles. The van der Waals surface area contributed by atoms with Gasteiger partial charge in [-0.15, -0.1) is 0 Å². The van der Waals surface area contributed by atoms with Gasteiger partial charge in [0.1, 0.15) is 19.0 Å². The molecule has 0 aromatic heterocycles. The topological polar surface area (TPSA) is 146 Å². The molecule has 0 fully saturated rings. The van der Waals surface area contributed by atoms with E-state index in [-0.39, 0.29) is 22.8 Å². The van der Waals surface area contributed by atoms with E-state index in [4.69, 9.17) is 19.9 Å². The summed E-state index contributed by atoms with van der Waals surface area (Å²) in [6, 6.07) is 16.8. The van der Waals surface area contributed by atoms with E-state index >= 15 is 0 Å². The van der Waals surface area contributed by atoms with Gasteiger partial charge in [-0.2, -0.15) is 0 Å². The van der Waals surface area contributed by atoms with Gasteiger partial charge in [0.25, 0.3) is 21.8 Å². The number of primary amides is 1. The molecule has 0 saturated heterocycles. The van der Waals surface area contributed by atoms with Crippen molar-refractivity contribution in [1.82, 2.24) is 0 Å². The summed E-state index contributed by atoms with van der Waals surface area (Å²) in [4.78, 5) is 23.6. The maximum absolute atomic E-state index is 12.9. The van der Waals surface area contributed by atoms with Crippen LogP contribution in [0.1, 0.15) is 10.4 Å². The summed E-state index contributed by atoms with van der Waals surface area (Å²) in [7, 11) is -3.94. The summed E-state index contributed by atoms with van der Waals surface area (Å²) in [6.07, 6.45) is 0. The molecule has 10 nitrogen and oxygen atoms in total. The standard InChI is InChI=1S/C23H21N3O7S/c24-22(27)14-33-18-6-2-4-16(12-18)25-23(28)15-3-1-5-17(11-15)26-34(29,30)19-7-8-20-21(13-19)32-10-9-31-20/h1-8,11-13,26H,9-10,14H2,(H2,24,27)(H,25,28). The summed E-state index contributed by atoms with van der Waals surface area (Å²) in [6.45, 7) is 0.446. The smallest absolute Gasteiger partial charge is 0.262 e. The van der Waals surface area contributed by atoms with Gasteiger partial charge in [-0.25, -0.2) is 8.42 Å². The second-order valence-electron chi connectivity index (χ2n) is 7.23. The van der Waals surface area contributed by atoms with Crippen LogP contribution in [-0.4, -0.2) is 40.1 Å². The minimum absolute atomic E-state index is 0.000574. The molecule has 0 bridgehead atoms. The average molecular weight is 484 g/mol. The molecule has 0 atom stereocenters. The molecule has 3 aromatic rings. The zero-order valence-corrected chi connectivity index (χ0v) is 18.6. The van der Waals surface area contributed by atoms with Crippen molar-refractivity contribution in [2.45, 2.75) is 4.90 Å². The van der Waals surface area contributed by atoms with E-state index in [2.05, 4.69) is 10.0 Å². The normalized spacial score (nSPS) is 12.5. The molecule has 0 radical (unpaired) electrons. The zero-order chi connectivity index (χ0) is 24.1. The van der Waals surface area contributed by atoms with E-state index in [9.17, 15) is 18.0 Å². The van der Waals surface area contributed by atoms with Gasteiger partial charge in [0.05, 0.1) is 4.90 Å². The quantitative estimate of drug-likeness (QED) is 0.446. The molecular weight excluding hydrogens is 462 g/mol. The number of amides is 2. The molecule has 176 valence electrons. The Hall–Kier alpha value is -4.25. The minimum Gasteiger partial charge on any atom is -0.486 e. The molecule has 4 N–H and O–H groups in total. The van der Waals surface area contributed by atoms with Crippen LogP contribution < -0.4 is 30.0 Å². The maximum Gasteiger partial charge on any atom is 0.262 e. The molecule has 0 spiro atoms. The number of rotatable bonds is 8. The van der Waals surface area contributed by atoms with E-state index in [1.807, 2.05) is 0 Å². The number of fused-ring (bicyclic) bond motifs is 1. The third-order valence-corrected chi connectivity index (χ3v) is 6.05. The number of nitrogens with two attached hydrogens (primary N) is 1. The van der Waals surface area contributed by atoms with Crippen LogP contribution in [0.4, 0.5) is 11.4 Å². The van der Waals surface area contributed by atoms with Gasteiger partial charge in [-0.3, -0.25) is 14.3 Å². The number of benzene rings is 3. The van der Waals surface area contributed by atoms with Crippen molar-refractivity contribution in [1.29, 1.82) is 0 Å². The lowest BCUT2D eigenvalue weighted by molar-refractivity contribution is -0.119. The Morgan fingerprint density at radius 3 is 2.44 bits per heavy atom. The highest BCUT2D eigenvalue weighted by atomic mass is 32.2. The van der Waals surface area contributed by atoms with Crippen molar-refractivity contribution in [2.24, 2.45) is 5.73 Å². The lowest BCUT2D eigenvalue weighted by Crippen LogP contribution is -2.20. The number of carbonyl (C=O) groups excluding carboxylic acids is 2. The number of nitrogens with one attached hydrogen (secondary N) is 2. The first-order valence-corrected chi connectivity index (χ1v) is 11.6. The molecular formula is C23H21N3O7S. The summed E-state index contributed by atoms with van der Waals surface area (Å²) < 4.78 is 44.3. The molecule has 0 unspecified atom stereocenters. The zero-order valence-electron chi connectivity index (χ0n) is 17.8. The number of carbonyl (C=O) groups is 2. The first-order chi connectivity index (χ1) is 16.3. The van der Waals surface area contributed by atoms with Crippen molar-refractivity contribution in [3.05, 3.63) is 72.3 Å².